The van der Waals surface area contributed by atoms with Crippen molar-refractivity contribution in [2.75, 3.05) is 26.3 Å². The monoisotopic (exact) mass is 283 g/mol. The van der Waals surface area contributed by atoms with E-state index in [1.807, 2.05) is 18.2 Å². The number of hydrogen-bond donors (Lipinski definition) is 3. The maximum absolute atomic E-state index is 9.58. The van der Waals surface area contributed by atoms with Crippen LogP contribution in [0.4, 0.5) is 0 Å². The third-order valence-corrected chi connectivity index (χ3v) is 2.67. The van der Waals surface area contributed by atoms with E-state index in [0.717, 1.165) is 38.4 Å². The lowest BCUT2D eigenvalue weighted by Crippen LogP contribution is -2.35. The van der Waals surface area contributed by atoms with Crippen LogP contribution in [0.15, 0.2) is 24.3 Å². The summed E-state index contributed by atoms with van der Waals surface area (Å²) in [4.78, 5) is 20.5. The largest absolute Gasteiger partial charge is 0.508 e. The fraction of sp³-hybridized carbons (Fsp3) is 0.385. The number of ether oxygens (including phenoxy) is 1. The number of aliphatic carboxylic acids is 2. The molecule has 1 aliphatic heterocycles. The molecule has 0 aliphatic carbocycles. The summed E-state index contributed by atoms with van der Waals surface area (Å²) in [5.41, 5.74) is 0.995. The van der Waals surface area contributed by atoms with Gasteiger partial charge in [-0.25, -0.2) is 9.59 Å². The maximum atomic E-state index is 9.58. The lowest BCUT2D eigenvalue weighted by molar-refractivity contribution is -0.159. The minimum Gasteiger partial charge on any atom is -0.508 e. The third-order valence-electron chi connectivity index (χ3n) is 2.67. The summed E-state index contributed by atoms with van der Waals surface area (Å²) < 4.78 is 5.26. The highest BCUT2D eigenvalue weighted by atomic mass is 16.5. The van der Waals surface area contributed by atoms with E-state index in [9.17, 15) is 5.11 Å². The van der Waals surface area contributed by atoms with Gasteiger partial charge in [-0.05, 0) is 6.07 Å². The number of phenols is 1. The first-order valence-electron chi connectivity index (χ1n) is 6.04. The molecule has 1 heterocycles. The average Bonchev–Trinajstić information content (AvgIpc) is 2.43. The number of carboxylic acids is 2. The average molecular weight is 283 g/mol. The molecule has 1 fully saturated rings. The molecule has 7 heteroatoms. The van der Waals surface area contributed by atoms with Crippen LogP contribution in [-0.4, -0.2) is 58.5 Å². The van der Waals surface area contributed by atoms with Gasteiger partial charge in [0.15, 0.2) is 0 Å². The van der Waals surface area contributed by atoms with Gasteiger partial charge in [-0.15, -0.1) is 0 Å². The fourth-order valence-electron chi connectivity index (χ4n) is 1.64. The maximum Gasteiger partial charge on any atom is 0.414 e. The zero-order valence-corrected chi connectivity index (χ0v) is 10.9. The Labute approximate surface area is 116 Å². The number of para-hydroxylation sites is 1. The smallest absolute Gasteiger partial charge is 0.414 e. The van der Waals surface area contributed by atoms with E-state index in [0.29, 0.717) is 5.75 Å². The van der Waals surface area contributed by atoms with Gasteiger partial charge in [0.1, 0.15) is 5.75 Å². The fourth-order valence-corrected chi connectivity index (χ4v) is 1.64. The number of nitrogens with zero attached hydrogens (tertiary/aromatic N) is 1. The van der Waals surface area contributed by atoms with Crippen LogP contribution in [0.25, 0.3) is 0 Å². The Kier molecular flexibility index (Phi) is 6.48. The van der Waals surface area contributed by atoms with Crippen molar-refractivity contribution in [1.29, 1.82) is 0 Å². The number of morpholine rings is 1. The highest BCUT2D eigenvalue weighted by Gasteiger charge is 2.11. The molecule has 0 unspecified atom stereocenters. The van der Waals surface area contributed by atoms with Crippen LogP contribution in [0.5, 0.6) is 5.75 Å². The van der Waals surface area contributed by atoms with Crippen LogP contribution >= 0.6 is 0 Å². The second-order valence-electron chi connectivity index (χ2n) is 4.13. The van der Waals surface area contributed by atoms with E-state index >= 15 is 0 Å². The van der Waals surface area contributed by atoms with Crippen LogP contribution < -0.4 is 0 Å². The molecule has 3 N–H and O–H groups in total. The van der Waals surface area contributed by atoms with Crippen molar-refractivity contribution in [2.24, 2.45) is 0 Å². The Morgan fingerprint density at radius 2 is 1.65 bits per heavy atom. The molecule has 1 saturated heterocycles. The van der Waals surface area contributed by atoms with Crippen molar-refractivity contribution in [3.05, 3.63) is 29.8 Å². The zero-order valence-electron chi connectivity index (χ0n) is 10.9. The van der Waals surface area contributed by atoms with E-state index in [2.05, 4.69) is 4.90 Å². The van der Waals surface area contributed by atoms with E-state index in [1.54, 1.807) is 6.07 Å². The number of benzene rings is 1. The standard InChI is InChI=1S/C11H15NO2.C2H2O4/c13-11-4-2-1-3-10(11)9-12-5-7-14-8-6-12;3-1(4)2(5)6/h1-4,13H,5-9H2;(H,3,4)(H,5,6). The molecular weight excluding hydrogens is 266 g/mol. The van der Waals surface area contributed by atoms with Gasteiger partial charge < -0.3 is 20.1 Å². The predicted octanol–water partition coefficient (Wildman–Crippen LogP) is 0.380. The van der Waals surface area contributed by atoms with Crippen molar-refractivity contribution in [3.8, 4) is 5.75 Å². The minimum atomic E-state index is -1.82. The van der Waals surface area contributed by atoms with E-state index in [4.69, 9.17) is 24.5 Å². The highest BCUT2D eigenvalue weighted by Crippen LogP contribution is 2.17. The first-order valence-corrected chi connectivity index (χ1v) is 6.04. The predicted molar refractivity (Wildman–Crippen MR) is 69.5 cm³/mol. The van der Waals surface area contributed by atoms with Gasteiger partial charge in [-0.3, -0.25) is 4.90 Å². The lowest BCUT2D eigenvalue weighted by Gasteiger charge is -2.26. The first kappa shape index (κ1) is 15.9. The summed E-state index contributed by atoms with van der Waals surface area (Å²) in [7, 11) is 0. The molecule has 0 spiro atoms. The van der Waals surface area contributed by atoms with Crippen molar-refractivity contribution >= 4 is 11.9 Å². The molecule has 2 rings (SSSR count). The summed E-state index contributed by atoms with van der Waals surface area (Å²) in [6.45, 7) is 4.32. The molecule has 1 aromatic rings. The second kappa shape index (κ2) is 8.13. The summed E-state index contributed by atoms with van der Waals surface area (Å²) in [5, 5.41) is 24.4. The molecule has 1 aromatic carbocycles. The molecule has 0 aromatic heterocycles. The van der Waals surface area contributed by atoms with Gasteiger partial charge in [0.05, 0.1) is 13.2 Å². The Morgan fingerprint density at radius 3 is 2.15 bits per heavy atom. The van der Waals surface area contributed by atoms with Gasteiger partial charge >= 0.3 is 11.9 Å². The van der Waals surface area contributed by atoms with Crippen molar-refractivity contribution < 1.29 is 29.6 Å². The Bertz CT molecular complexity index is 444. The highest BCUT2D eigenvalue weighted by molar-refractivity contribution is 6.27. The number of aromatic hydroxyl groups is 1. The van der Waals surface area contributed by atoms with Crippen molar-refractivity contribution in [3.63, 3.8) is 0 Å². The summed E-state index contributed by atoms with van der Waals surface area (Å²) in [6.07, 6.45) is 0. The van der Waals surface area contributed by atoms with Gasteiger partial charge in [0.2, 0.25) is 0 Å². The SMILES string of the molecule is O=C(O)C(=O)O.Oc1ccccc1CN1CCOCC1. The van der Waals surface area contributed by atoms with Crippen LogP contribution in [0.2, 0.25) is 0 Å². The van der Waals surface area contributed by atoms with E-state index in [1.165, 1.54) is 0 Å². The molecular formula is C13H17NO6. The molecule has 7 nitrogen and oxygen atoms in total. The third kappa shape index (κ3) is 5.68. The molecule has 0 atom stereocenters. The van der Waals surface area contributed by atoms with Crippen molar-refractivity contribution in [2.45, 2.75) is 6.54 Å². The molecule has 0 bridgehead atoms. The van der Waals surface area contributed by atoms with Crippen molar-refractivity contribution in [1.82, 2.24) is 4.90 Å². The Balaban J connectivity index is 0.000000286. The van der Waals surface area contributed by atoms with Crippen LogP contribution in [0.3, 0.4) is 0 Å². The van der Waals surface area contributed by atoms with E-state index in [-0.39, 0.29) is 0 Å². The first-order chi connectivity index (χ1) is 9.50. The topological polar surface area (TPSA) is 107 Å². The minimum absolute atomic E-state index is 0.388. The normalized spacial score (nSPS) is 15.0. The molecule has 0 amide bonds. The number of hydrogen-bond acceptors (Lipinski definition) is 5. The van der Waals surface area contributed by atoms with Gasteiger partial charge in [0.25, 0.3) is 0 Å². The molecule has 1 aliphatic rings. The Hall–Kier alpha value is -2.12. The number of carboxylic acid groups (broad SMARTS) is 2. The summed E-state index contributed by atoms with van der Waals surface area (Å²) in [6, 6.07) is 7.49. The summed E-state index contributed by atoms with van der Waals surface area (Å²) in [5.74, 6) is -3.26. The number of rotatable bonds is 2. The van der Waals surface area contributed by atoms with Gasteiger partial charge in [-0.1, -0.05) is 18.2 Å². The van der Waals surface area contributed by atoms with Crippen LogP contribution in [0, 0.1) is 0 Å². The summed E-state index contributed by atoms with van der Waals surface area (Å²) >= 11 is 0. The second-order valence-corrected chi connectivity index (χ2v) is 4.13. The molecule has 0 saturated carbocycles. The van der Waals surface area contributed by atoms with Crippen LogP contribution in [0.1, 0.15) is 5.56 Å². The lowest BCUT2D eigenvalue weighted by atomic mass is 10.2. The van der Waals surface area contributed by atoms with Crippen LogP contribution in [-0.2, 0) is 20.9 Å². The number of phenolic OH excluding ortho intramolecular Hbond substituents is 1. The quantitative estimate of drug-likeness (QED) is 0.673. The Morgan fingerprint density at radius 1 is 1.10 bits per heavy atom. The molecule has 110 valence electrons. The molecule has 20 heavy (non-hydrogen) atoms. The van der Waals surface area contributed by atoms with E-state index < -0.39 is 11.9 Å². The number of carbonyl (C=O) groups is 2. The van der Waals surface area contributed by atoms with Gasteiger partial charge in [0, 0.05) is 25.2 Å². The molecule has 0 radical (unpaired) electrons. The van der Waals surface area contributed by atoms with Gasteiger partial charge in [-0.2, -0.15) is 0 Å². The zero-order chi connectivity index (χ0) is 15.0.